The van der Waals surface area contributed by atoms with E-state index in [9.17, 15) is 0 Å². The maximum atomic E-state index is 5.15. The highest BCUT2D eigenvalue weighted by Gasteiger charge is 2.06. The van der Waals surface area contributed by atoms with E-state index in [-0.39, 0.29) is 0 Å². The second-order valence-electron chi connectivity index (χ2n) is 2.97. The second kappa shape index (κ2) is 4.94. The van der Waals surface area contributed by atoms with Crippen molar-refractivity contribution in [2.75, 3.05) is 13.7 Å². The summed E-state index contributed by atoms with van der Waals surface area (Å²) < 4.78 is 5.15. The largest absolute Gasteiger partial charge is 0.384 e. The van der Waals surface area contributed by atoms with Crippen LogP contribution in [0.25, 0.3) is 0 Å². The molecule has 0 aliphatic heterocycles. The number of rotatable bonds is 4. The van der Waals surface area contributed by atoms with E-state index in [1.54, 1.807) is 7.11 Å². The van der Waals surface area contributed by atoms with E-state index < -0.39 is 0 Å². The summed E-state index contributed by atoms with van der Waals surface area (Å²) in [6.07, 6.45) is 1.14. The van der Waals surface area contributed by atoms with Crippen molar-refractivity contribution in [1.82, 2.24) is 0 Å². The highest BCUT2D eigenvalue weighted by atomic mass is 16.5. The molecule has 0 unspecified atom stereocenters. The fourth-order valence-electron chi connectivity index (χ4n) is 1.38. The maximum Gasteiger partial charge on any atom is 0.0530 e. The van der Waals surface area contributed by atoms with Crippen LogP contribution in [0.4, 0.5) is 0 Å². The first-order valence-corrected chi connectivity index (χ1v) is 4.42. The van der Waals surface area contributed by atoms with Crippen molar-refractivity contribution in [3.05, 3.63) is 35.9 Å². The summed E-state index contributed by atoms with van der Waals surface area (Å²) >= 11 is 0. The molecule has 1 nitrogen and oxygen atoms in total. The van der Waals surface area contributed by atoms with Gasteiger partial charge >= 0.3 is 0 Å². The molecule has 66 valence electrons. The van der Waals surface area contributed by atoms with Crippen molar-refractivity contribution in [2.45, 2.75) is 19.3 Å². The van der Waals surface area contributed by atoms with E-state index in [2.05, 4.69) is 31.2 Å². The third-order valence-electron chi connectivity index (χ3n) is 2.13. The highest BCUT2D eigenvalue weighted by Crippen LogP contribution is 2.18. The fourth-order valence-corrected chi connectivity index (χ4v) is 1.38. The van der Waals surface area contributed by atoms with Crippen molar-refractivity contribution < 1.29 is 4.74 Å². The molecule has 0 aliphatic carbocycles. The lowest BCUT2D eigenvalue weighted by molar-refractivity contribution is 0.177. The molecule has 0 saturated carbocycles. The Kier molecular flexibility index (Phi) is 3.81. The summed E-state index contributed by atoms with van der Waals surface area (Å²) in [7, 11) is 1.76. The lowest BCUT2D eigenvalue weighted by atomic mass is 9.98. The smallest absolute Gasteiger partial charge is 0.0530 e. The van der Waals surface area contributed by atoms with Crippen LogP contribution in [-0.2, 0) is 4.74 Å². The Hall–Kier alpha value is -0.820. The Bertz CT molecular complexity index is 206. The average molecular weight is 164 g/mol. The van der Waals surface area contributed by atoms with Crippen LogP contribution in [0.15, 0.2) is 30.3 Å². The highest BCUT2D eigenvalue weighted by molar-refractivity contribution is 5.19. The van der Waals surface area contributed by atoms with Gasteiger partial charge in [-0.1, -0.05) is 37.3 Å². The molecule has 0 N–H and O–H groups in total. The van der Waals surface area contributed by atoms with Crippen LogP contribution in [-0.4, -0.2) is 13.7 Å². The molecule has 1 aromatic rings. The van der Waals surface area contributed by atoms with Gasteiger partial charge in [0.25, 0.3) is 0 Å². The Morgan fingerprint density at radius 3 is 2.42 bits per heavy atom. The summed E-state index contributed by atoms with van der Waals surface area (Å²) in [5, 5.41) is 0. The third kappa shape index (κ3) is 2.35. The van der Waals surface area contributed by atoms with Gasteiger partial charge in [0.15, 0.2) is 0 Å². The van der Waals surface area contributed by atoms with E-state index in [0.717, 1.165) is 13.0 Å². The van der Waals surface area contributed by atoms with Crippen LogP contribution in [0.5, 0.6) is 0 Å². The van der Waals surface area contributed by atoms with Crippen molar-refractivity contribution in [2.24, 2.45) is 0 Å². The zero-order chi connectivity index (χ0) is 8.81. The first kappa shape index (κ1) is 9.27. The number of hydrogen-bond donors (Lipinski definition) is 0. The molecule has 0 saturated heterocycles. The third-order valence-corrected chi connectivity index (χ3v) is 2.13. The van der Waals surface area contributed by atoms with Crippen molar-refractivity contribution >= 4 is 0 Å². The molecule has 1 rings (SSSR count). The van der Waals surface area contributed by atoms with Gasteiger partial charge in [-0.05, 0) is 12.0 Å². The maximum absolute atomic E-state index is 5.15. The quantitative estimate of drug-likeness (QED) is 0.665. The van der Waals surface area contributed by atoms with E-state index in [1.807, 2.05) is 6.07 Å². The summed E-state index contributed by atoms with van der Waals surface area (Å²) in [5.74, 6) is 0.552. The van der Waals surface area contributed by atoms with Gasteiger partial charge < -0.3 is 4.74 Å². The molecular formula is C11H16O. The molecule has 0 fully saturated rings. The van der Waals surface area contributed by atoms with Gasteiger partial charge in [0.2, 0.25) is 0 Å². The van der Waals surface area contributed by atoms with E-state index in [4.69, 9.17) is 4.74 Å². The minimum absolute atomic E-state index is 0.552. The van der Waals surface area contributed by atoms with Crippen LogP contribution in [0.1, 0.15) is 24.8 Å². The standard InChI is InChI=1S/C11H16O/c1-3-10(9-12-2)11-7-5-4-6-8-11/h4-8,10H,3,9H2,1-2H3/t10-/m1/s1. The van der Waals surface area contributed by atoms with Crippen LogP contribution in [0, 0.1) is 0 Å². The van der Waals surface area contributed by atoms with E-state index in [0.29, 0.717) is 5.92 Å². The van der Waals surface area contributed by atoms with Crippen LogP contribution >= 0.6 is 0 Å². The zero-order valence-electron chi connectivity index (χ0n) is 7.79. The lowest BCUT2D eigenvalue weighted by Gasteiger charge is -2.13. The summed E-state index contributed by atoms with van der Waals surface area (Å²) in [4.78, 5) is 0. The molecule has 1 aromatic carbocycles. The molecule has 1 atom stereocenters. The monoisotopic (exact) mass is 164 g/mol. The zero-order valence-corrected chi connectivity index (χ0v) is 7.79. The molecule has 12 heavy (non-hydrogen) atoms. The lowest BCUT2D eigenvalue weighted by Crippen LogP contribution is -2.04. The van der Waals surface area contributed by atoms with Gasteiger partial charge in [0, 0.05) is 13.0 Å². The van der Waals surface area contributed by atoms with Gasteiger partial charge in [0.05, 0.1) is 6.61 Å². The first-order chi connectivity index (χ1) is 5.88. The van der Waals surface area contributed by atoms with E-state index >= 15 is 0 Å². The van der Waals surface area contributed by atoms with Gasteiger partial charge in [-0.2, -0.15) is 0 Å². The Balaban J connectivity index is 2.66. The SMILES string of the molecule is CC[C@H](COC)c1ccccc1. The molecule has 0 bridgehead atoms. The minimum atomic E-state index is 0.552. The first-order valence-electron chi connectivity index (χ1n) is 4.42. The van der Waals surface area contributed by atoms with Crippen molar-refractivity contribution in [3.63, 3.8) is 0 Å². The van der Waals surface area contributed by atoms with Gasteiger partial charge in [0.1, 0.15) is 0 Å². The van der Waals surface area contributed by atoms with Gasteiger partial charge in [-0.25, -0.2) is 0 Å². The summed E-state index contributed by atoms with van der Waals surface area (Å²) in [5.41, 5.74) is 1.38. The van der Waals surface area contributed by atoms with Gasteiger partial charge in [-0.15, -0.1) is 0 Å². The summed E-state index contributed by atoms with van der Waals surface area (Å²) in [6, 6.07) is 10.5. The van der Waals surface area contributed by atoms with Gasteiger partial charge in [-0.3, -0.25) is 0 Å². The van der Waals surface area contributed by atoms with Crippen molar-refractivity contribution in [3.8, 4) is 0 Å². The molecule has 0 spiro atoms. The fraction of sp³-hybridized carbons (Fsp3) is 0.455. The van der Waals surface area contributed by atoms with Crippen LogP contribution in [0.2, 0.25) is 0 Å². The number of ether oxygens (including phenoxy) is 1. The topological polar surface area (TPSA) is 9.23 Å². The number of methoxy groups -OCH3 is 1. The molecule has 0 radical (unpaired) electrons. The second-order valence-corrected chi connectivity index (χ2v) is 2.97. The van der Waals surface area contributed by atoms with Crippen LogP contribution in [0.3, 0.4) is 0 Å². The molecule has 0 aromatic heterocycles. The number of hydrogen-bond acceptors (Lipinski definition) is 1. The average Bonchev–Trinajstić information content (AvgIpc) is 2.15. The molecule has 1 heteroatoms. The normalized spacial score (nSPS) is 12.8. The molecule has 0 amide bonds. The van der Waals surface area contributed by atoms with E-state index in [1.165, 1.54) is 5.56 Å². The minimum Gasteiger partial charge on any atom is -0.384 e. The Labute approximate surface area is 74.4 Å². The predicted octanol–water partition coefficient (Wildman–Crippen LogP) is 2.83. The number of benzene rings is 1. The molecule has 0 heterocycles. The Morgan fingerprint density at radius 2 is 1.92 bits per heavy atom. The summed E-state index contributed by atoms with van der Waals surface area (Å²) in [6.45, 7) is 3.01. The predicted molar refractivity (Wildman–Crippen MR) is 51.4 cm³/mol. The molecular weight excluding hydrogens is 148 g/mol. The Morgan fingerprint density at radius 1 is 1.25 bits per heavy atom. The van der Waals surface area contributed by atoms with Crippen molar-refractivity contribution in [1.29, 1.82) is 0 Å². The molecule has 0 aliphatic rings. The van der Waals surface area contributed by atoms with Crippen LogP contribution < -0.4 is 0 Å².